The van der Waals surface area contributed by atoms with Crippen molar-refractivity contribution in [1.29, 1.82) is 0 Å². The summed E-state index contributed by atoms with van der Waals surface area (Å²) in [7, 11) is 0. The zero-order valence-corrected chi connectivity index (χ0v) is 12.4. The van der Waals surface area contributed by atoms with Gasteiger partial charge >= 0.3 is 0 Å². The molecule has 0 spiro atoms. The summed E-state index contributed by atoms with van der Waals surface area (Å²) < 4.78 is 40.0. The zero-order valence-electron chi connectivity index (χ0n) is 12.4. The largest absolute Gasteiger partial charge is 0.390 e. The molecule has 1 aliphatic heterocycles. The Balaban J connectivity index is 1.97. The van der Waals surface area contributed by atoms with Gasteiger partial charge in [0.15, 0.2) is 0 Å². The molecule has 2 rings (SSSR count). The summed E-state index contributed by atoms with van der Waals surface area (Å²) in [5.74, 6) is -4.14. The van der Waals surface area contributed by atoms with E-state index < -0.39 is 30.8 Å². The van der Waals surface area contributed by atoms with E-state index in [0.29, 0.717) is 0 Å². The van der Waals surface area contributed by atoms with Gasteiger partial charge in [-0.1, -0.05) is 11.6 Å². The minimum atomic E-state index is -3.14. The summed E-state index contributed by atoms with van der Waals surface area (Å²) in [6, 6.07) is 4.32. The SMILES string of the molecule is Cc1ccc(F)c(C(=O)N2CCN(CC(F)(F)CO)CC2)c1. The van der Waals surface area contributed by atoms with Gasteiger partial charge in [0.25, 0.3) is 11.8 Å². The van der Waals surface area contributed by atoms with Crippen molar-refractivity contribution in [3.05, 3.63) is 35.1 Å². The zero-order chi connectivity index (χ0) is 16.3. The third kappa shape index (κ3) is 3.98. The van der Waals surface area contributed by atoms with Crippen LogP contribution in [0.5, 0.6) is 0 Å². The van der Waals surface area contributed by atoms with E-state index >= 15 is 0 Å². The fourth-order valence-electron chi connectivity index (χ4n) is 2.46. The number of rotatable bonds is 4. The van der Waals surface area contributed by atoms with E-state index in [1.807, 2.05) is 0 Å². The number of halogens is 3. The summed E-state index contributed by atoms with van der Waals surface area (Å²) >= 11 is 0. The van der Waals surface area contributed by atoms with E-state index in [0.717, 1.165) is 5.56 Å². The molecule has 122 valence electrons. The van der Waals surface area contributed by atoms with Gasteiger partial charge in [0, 0.05) is 26.2 Å². The van der Waals surface area contributed by atoms with Gasteiger partial charge in [-0.15, -0.1) is 0 Å². The van der Waals surface area contributed by atoms with Gasteiger partial charge in [-0.2, -0.15) is 0 Å². The predicted octanol–water partition coefficient (Wildman–Crippen LogP) is 1.52. The normalized spacial score (nSPS) is 16.9. The fourth-order valence-corrected chi connectivity index (χ4v) is 2.46. The second-order valence-electron chi connectivity index (χ2n) is 5.57. The molecule has 0 aliphatic carbocycles. The Bertz CT molecular complexity index is 544. The highest BCUT2D eigenvalue weighted by atomic mass is 19.3. The van der Waals surface area contributed by atoms with Crippen LogP contribution >= 0.6 is 0 Å². The van der Waals surface area contributed by atoms with Crippen LogP contribution in [0.3, 0.4) is 0 Å². The van der Waals surface area contributed by atoms with Crippen LogP contribution in [0.2, 0.25) is 0 Å². The first-order valence-corrected chi connectivity index (χ1v) is 7.09. The van der Waals surface area contributed by atoms with Crippen molar-refractivity contribution < 1.29 is 23.1 Å². The number of piperazine rings is 1. The number of hydrogen-bond acceptors (Lipinski definition) is 3. The van der Waals surface area contributed by atoms with Crippen molar-refractivity contribution >= 4 is 5.91 Å². The predicted molar refractivity (Wildman–Crippen MR) is 75.5 cm³/mol. The molecule has 7 heteroatoms. The topological polar surface area (TPSA) is 43.8 Å². The van der Waals surface area contributed by atoms with Gasteiger partial charge in [0.05, 0.1) is 12.1 Å². The number of aliphatic hydroxyl groups is 1. The summed E-state index contributed by atoms with van der Waals surface area (Å²) in [6.45, 7) is 1.10. The van der Waals surface area contributed by atoms with Gasteiger partial charge < -0.3 is 10.0 Å². The number of benzene rings is 1. The molecule has 1 aliphatic rings. The Morgan fingerprint density at radius 1 is 1.27 bits per heavy atom. The maximum Gasteiger partial charge on any atom is 0.283 e. The van der Waals surface area contributed by atoms with Crippen LogP contribution in [-0.2, 0) is 0 Å². The van der Waals surface area contributed by atoms with Crippen molar-refractivity contribution in [3.63, 3.8) is 0 Å². The number of amides is 1. The highest BCUT2D eigenvalue weighted by molar-refractivity contribution is 5.94. The maximum absolute atomic E-state index is 13.7. The van der Waals surface area contributed by atoms with Gasteiger partial charge in [-0.3, -0.25) is 9.69 Å². The quantitative estimate of drug-likeness (QED) is 0.916. The lowest BCUT2D eigenvalue weighted by Gasteiger charge is -2.36. The molecular formula is C15H19F3N2O2. The molecule has 0 aromatic heterocycles. The number of carbonyl (C=O) groups is 1. The first kappa shape index (κ1) is 16.8. The lowest BCUT2D eigenvalue weighted by atomic mass is 10.1. The molecule has 0 atom stereocenters. The summed E-state index contributed by atoms with van der Waals surface area (Å²) in [5, 5.41) is 8.59. The summed E-state index contributed by atoms with van der Waals surface area (Å²) in [5.41, 5.74) is 0.792. The van der Waals surface area contributed by atoms with Crippen molar-refractivity contribution in [2.24, 2.45) is 0 Å². The molecule has 0 saturated carbocycles. The third-order valence-electron chi connectivity index (χ3n) is 3.70. The van der Waals surface area contributed by atoms with Crippen LogP contribution < -0.4 is 0 Å². The molecule has 0 unspecified atom stereocenters. The molecule has 22 heavy (non-hydrogen) atoms. The summed E-state index contributed by atoms with van der Waals surface area (Å²) in [6.07, 6.45) is 0. The lowest BCUT2D eigenvalue weighted by molar-refractivity contribution is -0.0773. The van der Waals surface area contributed by atoms with E-state index in [2.05, 4.69) is 0 Å². The molecule has 1 aromatic carbocycles. The average Bonchev–Trinajstić information content (AvgIpc) is 2.49. The number of carbonyl (C=O) groups excluding carboxylic acids is 1. The highest BCUT2D eigenvalue weighted by Crippen LogP contribution is 2.18. The van der Waals surface area contributed by atoms with E-state index in [1.54, 1.807) is 13.0 Å². The van der Waals surface area contributed by atoms with E-state index in [-0.39, 0.29) is 31.7 Å². The Hall–Kier alpha value is -1.60. The monoisotopic (exact) mass is 316 g/mol. The number of aliphatic hydroxyl groups excluding tert-OH is 1. The average molecular weight is 316 g/mol. The van der Waals surface area contributed by atoms with Gasteiger partial charge in [-0.05, 0) is 19.1 Å². The molecule has 1 N–H and O–H groups in total. The maximum atomic E-state index is 13.7. The number of nitrogens with zero attached hydrogens (tertiary/aromatic N) is 2. The van der Waals surface area contributed by atoms with Crippen LogP contribution in [0.4, 0.5) is 13.2 Å². The van der Waals surface area contributed by atoms with Crippen LogP contribution in [0.15, 0.2) is 18.2 Å². The second kappa shape index (κ2) is 6.66. The Labute approximate surface area is 127 Å². The number of hydrogen-bond donors (Lipinski definition) is 1. The molecule has 4 nitrogen and oxygen atoms in total. The molecular weight excluding hydrogens is 297 g/mol. The standard InChI is InChI=1S/C15H19F3N2O2/c1-11-2-3-13(16)12(8-11)14(22)20-6-4-19(5-7-20)9-15(17,18)10-21/h2-3,8,21H,4-7,9-10H2,1H3. The highest BCUT2D eigenvalue weighted by Gasteiger charge is 2.33. The van der Waals surface area contributed by atoms with Gasteiger partial charge in [-0.25, -0.2) is 13.2 Å². The lowest BCUT2D eigenvalue weighted by Crippen LogP contribution is -2.52. The van der Waals surface area contributed by atoms with Gasteiger partial charge in [0.2, 0.25) is 0 Å². The van der Waals surface area contributed by atoms with E-state index in [9.17, 15) is 18.0 Å². The smallest absolute Gasteiger partial charge is 0.283 e. The minimum Gasteiger partial charge on any atom is -0.390 e. The Morgan fingerprint density at radius 2 is 1.91 bits per heavy atom. The number of alkyl halides is 2. The molecule has 1 saturated heterocycles. The third-order valence-corrected chi connectivity index (χ3v) is 3.70. The first-order valence-electron chi connectivity index (χ1n) is 7.09. The van der Waals surface area contributed by atoms with Crippen LogP contribution in [-0.4, -0.2) is 66.1 Å². The molecule has 1 heterocycles. The van der Waals surface area contributed by atoms with Crippen molar-refractivity contribution in [3.8, 4) is 0 Å². The Kier molecular flexibility index (Phi) is 5.08. The van der Waals surface area contributed by atoms with Crippen molar-refractivity contribution in [2.45, 2.75) is 12.8 Å². The molecule has 0 radical (unpaired) electrons. The van der Waals surface area contributed by atoms with Crippen LogP contribution in [0.1, 0.15) is 15.9 Å². The van der Waals surface area contributed by atoms with E-state index in [1.165, 1.54) is 21.9 Å². The molecule has 0 bridgehead atoms. The molecule has 1 amide bonds. The first-order chi connectivity index (χ1) is 10.3. The van der Waals surface area contributed by atoms with E-state index in [4.69, 9.17) is 5.11 Å². The van der Waals surface area contributed by atoms with Crippen LogP contribution in [0, 0.1) is 12.7 Å². The molecule has 1 fully saturated rings. The van der Waals surface area contributed by atoms with Crippen molar-refractivity contribution in [2.75, 3.05) is 39.3 Å². The summed E-state index contributed by atoms with van der Waals surface area (Å²) in [4.78, 5) is 15.3. The van der Waals surface area contributed by atoms with Gasteiger partial charge in [0.1, 0.15) is 12.4 Å². The Morgan fingerprint density at radius 3 is 2.50 bits per heavy atom. The van der Waals surface area contributed by atoms with Crippen LogP contribution in [0.25, 0.3) is 0 Å². The van der Waals surface area contributed by atoms with Crippen molar-refractivity contribution in [1.82, 2.24) is 9.80 Å². The number of aryl methyl sites for hydroxylation is 1. The molecule has 1 aromatic rings. The second-order valence-corrected chi connectivity index (χ2v) is 5.57. The minimum absolute atomic E-state index is 0.00846. The fraction of sp³-hybridized carbons (Fsp3) is 0.533.